The Morgan fingerprint density at radius 1 is 1.05 bits per heavy atom. The number of allylic oxidation sites excluding steroid dienone is 1. The highest BCUT2D eigenvalue weighted by Crippen LogP contribution is 2.45. The molecule has 0 saturated carbocycles. The van der Waals surface area contributed by atoms with Crippen LogP contribution in [0.4, 0.5) is 28.4 Å². The van der Waals surface area contributed by atoms with Crippen LogP contribution in [0.25, 0.3) is 0 Å². The fourth-order valence-electron chi connectivity index (χ4n) is 5.33. The molecule has 4 amide bonds. The number of hydrogen-bond acceptors (Lipinski definition) is 6. The smallest absolute Gasteiger partial charge is 0.333 e. The molecule has 3 N–H and O–H groups in total. The number of urea groups is 2. The molecule has 1 unspecified atom stereocenters. The summed E-state index contributed by atoms with van der Waals surface area (Å²) in [5, 5.41) is 11.9. The fraction of sp³-hybridized carbons (Fsp3) is 0.226. The van der Waals surface area contributed by atoms with Crippen LogP contribution in [-0.2, 0) is 17.5 Å². The van der Waals surface area contributed by atoms with Crippen molar-refractivity contribution < 1.29 is 36.7 Å². The number of carbonyl (C=O) groups excluding carboxylic acids is 3. The maximum Gasteiger partial charge on any atom is 0.416 e. The van der Waals surface area contributed by atoms with Crippen LogP contribution < -0.4 is 10.2 Å². The van der Waals surface area contributed by atoms with E-state index in [-0.39, 0.29) is 42.1 Å². The van der Waals surface area contributed by atoms with Gasteiger partial charge in [0.1, 0.15) is 0 Å². The van der Waals surface area contributed by atoms with Crippen LogP contribution in [0.15, 0.2) is 89.0 Å². The second kappa shape index (κ2) is 11.8. The summed E-state index contributed by atoms with van der Waals surface area (Å²) in [6, 6.07) is 15.3. The van der Waals surface area contributed by atoms with Gasteiger partial charge in [0, 0.05) is 30.5 Å². The van der Waals surface area contributed by atoms with Crippen molar-refractivity contribution in [1.29, 1.82) is 5.26 Å². The van der Waals surface area contributed by atoms with Crippen LogP contribution in [0.2, 0.25) is 0 Å². The van der Waals surface area contributed by atoms with Crippen molar-refractivity contribution in [2.24, 2.45) is 0 Å². The van der Waals surface area contributed by atoms with Gasteiger partial charge in [-0.1, -0.05) is 30.3 Å². The van der Waals surface area contributed by atoms with E-state index in [0.29, 0.717) is 28.0 Å². The van der Waals surface area contributed by atoms with Crippen molar-refractivity contribution in [1.82, 2.24) is 10.2 Å². The number of alkyl halides is 3. The van der Waals surface area contributed by atoms with E-state index >= 15 is 0 Å². The predicted octanol–water partition coefficient (Wildman–Crippen LogP) is 7.22. The maximum atomic E-state index is 14.2. The number of nitriles is 1. The largest absolute Gasteiger partial charge is 0.416 e. The van der Waals surface area contributed by atoms with Gasteiger partial charge in [0.2, 0.25) is 0 Å². The number of halogens is 3. The van der Waals surface area contributed by atoms with Gasteiger partial charge in [-0.2, -0.15) is 29.0 Å². The van der Waals surface area contributed by atoms with Gasteiger partial charge in [0.05, 0.1) is 33.8 Å². The molecule has 0 radical (unpaired) electrons. The van der Waals surface area contributed by atoms with Crippen molar-refractivity contribution in [2.45, 2.75) is 42.9 Å². The Bertz CT molecular complexity index is 1690. The van der Waals surface area contributed by atoms with Crippen molar-refractivity contribution >= 4 is 34.1 Å². The lowest BCUT2D eigenvalue weighted by molar-refractivity contribution is -0.137. The minimum absolute atomic E-state index is 0.0880. The van der Waals surface area contributed by atoms with Crippen LogP contribution in [0, 0.1) is 11.3 Å². The van der Waals surface area contributed by atoms with E-state index in [1.807, 2.05) is 6.07 Å². The minimum atomic E-state index is -4.70. The zero-order valence-corrected chi connectivity index (χ0v) is 24.2. The average molecular weight is 625 g/mol. The minimum Gasteiger partial charge on any atom is -0.333 e. The van der Waals surface area contributed by atoms with E-state index < -0.39 is 40.4 Å². The Balaban J connectivity index is 1.59. The molecule has 228 valence electrons. The first-order valence-electron chi connectivity index (χ1n) is 13.5. The first-order chi connectivity index (χ1) is 20.8. The SMILES string of the molecule is CS(O)(O)c1ccc(CNC(=O)N2C(=O)N(c3cccc(C(F)(F)F)c3)C3=C(C(=O)CCC3)C2c2ccc(C#N)cc2)cc1. The molecule has 5 rings (SSSR count). The summed E-state index contributed by atoms with van der Waals surface area (Å²) in [4.78, 5) is 43.6. The number of hydrogen-bond donors (Lipinski definition) is 3. The number of carbonyl (C=O) groups is 3. The third kappa shape index (κ3) is 6.05. The molecular formula is C31H27F3N4O5S. The molecule has 0 aromatic heterocycles. The fourth-order valence-corrected chi connectivity index (χ4v) is 5.98. The summed E-state index contributed by atoms with van der Waals surface area (Å²) in [5.74, 6) is -0.350. The van der Waals surface area contributed by atoms with Gasteiger partial charge in [0.15, 0.2) is 5.78 Å². The summed E-state index contributed by atoms with van der Waals surface area (Å²) >= 11 is 0. The molecule has 0 bridgehead atoms. The van der Waals surface area contributed by atoms with Crippen LogP contribution in [-0.4, -0.2) is 38.1 Å². The number of imide groups is 1. The molecule has 2 aliphatic rings. The van der Waals surface area contributed by atoms with Gasteiger partial charge in [0.25, 0.3) is 0 Å². The van der Waals surface area contributed by atoms with Crippen molar-refractivity contribution in [3.63, 3.8) is 0 Å². The lowest BCUT2D eigenvalue weighted by atomic mass is 9.83. The van der Waals surface area contributed by atoms with Crippen LogP contribution in [0.1, 0.15) is 47.6 Å². The quantitative estimate of drug-likeness (QED) is 0.275. The molecule has 0 spiro atoms. The highest BCUT2D eigenvalue weighted by atomic mass is 32.3. The molecule has 0 saturated heterocycles. The lowest BCUT2D eigenvalue weighted by Crippen LogP contribution is -2.56. The zero-order valence-electron chi connectivity index (χ0n) is 23.3. The molecule has 44 heavy (non-hydrogen) atoms. The third-order valence-corrected chi connectivity index (χ3v) is 8.61. The number of benzene rings is 3. The molecule has 1 aliphatic carbocycles. The summed E-state index contributed by atoms with van der Waals surface area (Å²) in [6.07, 6.45) is -2.72. The second-order valence-electron chi connectivity index (χ2n) is 10.4. The first kappa shape index (κ1) is 30.8. The number of ketones is 1. The summed E-state index contributed by atoms with van der Waals surface area (Å²) in [7, 11) is -2.95. The molecular weight excluding hydrogens is 597 g/mol. The summed E-state index contributed by atoms with van der Waals surface area (Å²) < 4.78 is 60.7. The average Bonchev–Trinajstić information content (AvgIpc) is 2.99. The van der Waals surface area contributed by atoms with Gasteiger partial charge in [-0.3, -0.25) is 18.8 Å². The summed E-state index contributed by atoms with van der Waals surface area (Å²) in [6.45, 7) is -0.0880. The Morgan fingerprint density at radius 3 is 2.34 bits per heavy atom. The number of nitrogens with zero attached hydrogens (tertiary/aromatic N) is 3. The Hall–Kier alpha value is -4.64. The number of amides is 4. The highest BCUT2D eigenvalue weighted by molar-refractivity contribution is 8.23. The van der Waals surface area contributed by atoms with Crippen LogP contribution in [0.3, 0.4) is 0 Å². The van der Waals surface area contributed by atoms with E-state index in [4.69, 9.17) is 0 Å². The van der Waals surface area contributed by atoms with Gasteiger partial charge < -0.3 is 5.32 Å². The van der Waals surface area contributed by atoms with Crippen molar-refractivity contribution in [2.75, 3.05) is 11.2 Å². The molecule has 13 heteroatoms. The summed E-state index contributed by atoms with van der Waals surface area (Å²) in [5.41, 5.74) is 0.448. The zero-order chi connectivity index (χ0) is 31.8. The second-order valence-corrected chi connectivity index (χ2v) is 12.6. The molecule has 1 atom stereocenters. The Morgan fingerprint density at radius 2 is 1.73 bits per heavy atom. The molecule has 0 fully saturated rings. The van der Waals surface area contributed by atoms with Gasteiger partial charge in [-0.05, 0) is 66.4 Å². The van der Waals surface area contributed by atoms with E-state index in [1.165, 1.54) is 48.7 Å². The Kier molecular flexibility index (Phi) is 8.26. The van der Waals surface area contributed by atoms with Crippen molar-refractivity contribution in [3.8, 4) is 6.07 Å². The van der Waals surface area contributed by atoms with E-state index in [9.17, 15) is 41.9 Å². The molecule has 9 nitrogen and oxygen atoms in total. The number of anilines is 1. The standard InChI is InChI=1S/C31H27F3N4O5S/c1-44(42,43)24-14-10-20(11-15-24)18-36-29(40)38-28(21-12-8-19(17-35)9-13-21)27-25(6-3-7-26(27)39)37(30(38)41)23-5-2-4-22(16-23)31(32,33)34/h2,4-5,8-16,28,42-43H,3,6-7,18H2,1H3,(H,36,40). The molecule has 3 aromatic carbocycles. The normalized spacial score (nSPS) is 17.7. The third-order valence-electron chi connectivity index (χ3n) is 7.45. The molecule has 3 aromatic rings. The van der Waals surface area contributed by atoms with Crippen molar-refractivity contribution in [3.05, 3.63) is 106 Å². The molecule has 1 heterocycles. The predicted molar refractivity (Wildman–Crippen MR) is 157 cm³/mol. The van der Waals surface area contributed by atoms with Gasteiger partial charge >= 0.3 is 18.2 Å². The topological polar surface area (TPSA) is 134 Å². The highest BCUT2D eigenvalue weighted by Gasteiger charge is 2.47. The number of rotatable bonds is 5. The van der Waals surface area contributed by atoms with E-state index in [2.05, 4.69) is 5.32 Å². The molecule has 1 aliphatic heterocycles. The van der Waals surface area contributed by atoms with E-state index in [0.717, 1.165) is 28.0 Å². The van der Waals surface area contributed by atoms with Gasteiger partial charge in [-0.25, -0.2) is 14.5 Å². The van der Waals surface area contributed by atoms with E-state index in [1.54, 1.807) is 12.1 Å². The van der Waals surface area contributed by atoms with Gasteiger partial charge in [-0.15, -0.1) is 0 Å². The van der Waals surface area contributed by atoms with Crippen LogP contribution >= 0.6 is 10.6 Å². The van der Waals surface area contributed by atoms with Crippen LogP contribution in [0.5, 0.6) is 0 Å². The first-order valence-corrected chi connectivity index (χ1v) is 15.4. The maximum absolute atomic E-state index is 14.2. The number of nitrogens with one attached hydrogen (secondary N) is 1. The Labute approximate surface area is 252 Å². The monoisotopic (exact) mass is 624 g/mol. The lowest BCUT2D eigenvalue weighted by Gasteiger charge is -2.44. The number of Topliss-reactive ketones (excluding diaryl/α,β-unsaturated/α-hetero) is 1.